The Hall–Kier alpha value is -2.18. The van der Waals surface area contributed by atoms with E-state index in [0.717, 1.165) is 37.3 Å². The second kappa shape index (κ2) is 5.72. The van der Waals surface area contributed by atoms with E-state index >= 15 is 0 Å². The molecule has 0 spiro atoms. The fraction of sp³-hybridized carbons (Fsp3) is 0.647. The molecule has 0 aliphatic heterocycles. The molecule has 0 atom stereocenters. The highest BCUT2D eigenvalue weighted by Crippen LogP contribution is 2.32. The van der Waals surface area contributed by atoms with E-state index in [0.29, 0.717) is 29.4 Å². The molecular formula is C17H24N6O. The van der Waals surface area contributed by atoms with Gasteiger partial charge >= 0.3 is 0 Å². The van der Waals surface area contributed by atoms with Gasteiger partial charge in [0, 0.05) is 25.9 Å². The van der Waals surface area contributed by atoms with Crippen LogP contribution < -0.4 is 5.56 Å². The van der Waals surface area contributed by atoms with Gasteiger partial charge in [-0.15, -0.1) is 5.10 Å². The van der Waals surface area contributed by atoms with Crippen molar-refractivity contribution in [1.29, 1.82) is 0 Å². The molecule has 3 aromatic rings. The predicted molar refractivity (Wildman–Crippen MR) is 92.4 cm³/mol. The number of imidazole rings is 1. The van der Waals surface area contributed by atoms with Gasteiger partial charge in [-0.25, -0.2) is 4.98 Å². The van der Waals surface area contributed by atoms with Gasteiger partial charge in [0.25, 0.3) is 5.56 Å². The fourth-order valence-electron chi connectivity index (χ4n) is 3.87. The summed E-state index contributed by atoms with van der Waals surface area (Å²) in [4.78, 5) is 22.5. The third-order valence-electron chi connectivity index (χ3n) is 5.15. The van der Waals surface area contributed by atoms with Gasteiger partial charge in [-0.2, -0.15) is 9.50 Å². The van der Waals surface area contributed by atoms with Crippen LogP contribution in [-0.2, 0) is 20.0 Å². The Morgan fingerprint density at radius 1 is 1.17 bits per heavy atom. The normalized spacial score (nSPS) is 16.0. The second-order valence-electron chi connectivity index (χ2n) is 6.73. The van der Waals surface area contributed by atoms with Crippen LogP contribution in [0.2, 0.25) is 0 Å². The maximum Gasteiger partial charge on any atom is 0.281 e. The molecule has 128 valence electrons. The molecule has 24 heavy (non-hydrogen) atoms. The molecule has 3 aromatic heterocycles. The second-order valence-corrected chi connectivity index (χ2v) is 6.73. The van der Waals surface area contributed by atoms with Crippen molar-refractivity contribution in [2.24, 2.45) is 7.05 Å². The highest BCUT2D eigenvalue weighted by molar-refractivity contribution is 5.73. The van der Waals surface area contributed by atoms with Crippen LogP contribution in [0.5, 0.6) is 0 Å². The maximum atomic E-state index is 13.0. The van der Waals surface area contributed by atoms with Crippen LogP contribution in [0.25, 0.3) is 16.9 Å². The van der Waals surface area contributed by atoms with Crippen molar-refractivity contribution >= 4 is 16.9 Å². The molecule has 0 aromatic carbocycles. The largest absolute Gasteiger partial charge is 0.325 e. The van der Waals surface area contributed by atoms with Gasteiger partial charge < -0.3 is 4.57 Å². The van der Waals surface area contributed by atoms with Crippen LogP contribution >= 0.6 is 0 Å². The van der Waals surface area contributed by atoms with E-state index in [-0.39, 0.29) is 5.56 Å². The van der Waals surface area contributed by atoms with Gasteiger partial charge in [0.2, 0.25) is 5.78 Å². The van der Waals surface area contributed by atoms with Gasteiger partial charge in [-0.05, 0) is 19.3 Å². The van der Waals surface area contributed by atoms with Crippen LogP contribution in [0.3, 0.4) is 0 Å². The summed E-state index contributed by atoms with van der Waals surface area (Å²) in [5.41, 5.74) is 1.24. The molecule has 7 heteroatoms. The van der Waals surface area contributed by atoms with Gasteiger partial charge in [0.15, 0.2) is 17.0 Å². The first kappa shape index (κ1) is 15.4. The molecule has 4 rings (SSSR count). The molecule has 1 aliphatic carbocycles. The molecule has 1 saturated carbocycles. The topological polar surface area (TPSA) is 70.0 Å². The van der Waals surface area contributed by atoms with E-state index in [2.05, 4.69) is 11.9 Å². The fourth-order valence-corrected chi connectivity index (χ4v) is 3.87. The van der Waals surface area contributed by atoms with Crippen molar-refractivity contribution < 1.29 is 0 Å². The third-order valence-corrected chi connectivity index (χ3v) is 5.15. The Morgan fingerprint density at radius 3 is 2.58 bits per heavy atom. The number of nitrogens with zero attached hydrogens (tertiary/aromatic N) is 6. The van der Waals surface area contributed by atoms with Crippen molar-refractivity contribution in [3.05, 3.63) is 22.0 Å². The minimum absolute atomic E-state index is 0.0144. The molecule has 0 unspecified atom stereocenters. The van der Waals surface area contributed by atoms with E-state index in [1.165, 1.54) is 12.8 Å². The molecule has 0 N–H and O–H groups in total. The molecule has 0 bridgehead atoms. The number of hydrogen-bond acceptors (Lipinski definition) is 4. The number of hydrogen-bond donors (Lipinski definition) is 0. The highest BCUT2D eigenvalue weighted by atomic mass is 16.1. The van der Waals surface area contributed by atoms with Crippen molar-refractivity contribution in [2.75, 3.05) is 0 Å². The number of rotatable bonds is 4. The molecule has 0 amide bonds. The summed E-state index contributed by atoms with van der Waals surface area (Å²) in [5, 5.41) is 4.77. The van der Waals surface area contributed by atoms with Crippen molar-refractivity contribution in [1.82, 2.24) is 28.7 Å². The highest BCUT2D eigenvalue weighted by Gasteiger charge is 2.25. The lowest BCUT2D eigenvalue weighted by molar-refractivity contribution is 0.656. The Morgan fingerprint density at radius 2 is 1.92 bits per heavy atom. The Bertz CT molecular complexity index is 957. The number of aryl methyl sites for hydroxylation is 3. The van der Waals surface area contributed by atoms with Crippen LogP contribution in [-0.4, -0.2) is 28.7 Å². The molecule has 0 saturated heterocycles. The lowest BCUT2D eigenvalue weighted by Gasteiger charge is -2.06. The maximum absolute atomic E-state index is 13.0. The van der Waals surface area contributed by atoms with Crippen molar-refractivity contribution in [3.63, 3.8) is 0 Å². The van der Waals surface area contributed by atoms with Gasteiger partial charge in [0.1, 0.15) is 5.82 Å². The van der Waals surface area contributed by atoms with E-state index in [4.69, 9.17) is 10.1 Å². The van der Waals surface area contributed by atoms with Crippen LogP contribution in [0.4, 0.5) is 0 Å². The summed E-state index contributed by atoms with van der Waals surface area (Å²) >= 11 is 0. The molecular weight excluding hydrogens is 304 g/mol. The predicted octanol–water partition coefficient (Wildman–Crippen LogP) is 2.41. The lowest BCUT2D eigenvalue weighted by atomic mass is 10.1. The smallest absolute Gasteiger partial charge is 0.281 e. The van der Waals surface area contributed by atoms with E-state index in [9.17, 15) is 4.79 Å². The first-order valence-corrected chi connectivity index (χ1v) is 9.00. The Kier molecular flexibility index (Phi) is 3.66. The first-order valence-electron chi connectivity index (χ1n) is 9.00. The molecule has 1 fully saturated rings. The summed E-state index contributed by atoms with van der Waals surface area (Å²) in [5.74, 6) is 2.82. The zero-order valence-corrected chi connectivity index (χ0v) is 14.6. The molecule has 7 nitrogen and oxygen atoms in total. The number of aromatic nitrogens is 6. The quantitative estimate of drug-likeness (QED) is 0.737. The standard InChI is InChI=1S/C17H24N6O/c1-4-10-22-16(24)13-15(18-12(5-2)21(13)3)23-17(22)19-14(20-23)11-8-6-7-9-11/h11H,4-10H2,1-3H3. The van der Waals surface area contributed by atoms with Crippen molar-refractivity contribution in [3.8, 4) is 0 Å². The lowest BCUT2D eigenvalue weighted by Crippen LogP contribution is -2.24. The van der Waals surface area contributed by atoms with Crippen molar-refractivity contribution in [2.45, 2.75) is 64.8 Å². The van der Waals surface area contributed by atoms with Gasteiger partial charge in [0.05, 0.1) is 0 Å². The zero-order valence-electron chi connectivity index (χ0n) is 14.6. The van der Waals surface area contributed by atoms with Gasteiger partial charge in [-0.1, -0.05) is 26.7 Å². The van der Waals surface area contributed by atoms with E-state index in [1.54, 1.807) is 9.08 Å². The monoisotopic (exact) mass is 328 g/mol. The summed E-state index contributed by atoms with van der Waals surface area (Å²) in [6, 6.07) is 0. The molecule has 0 radical (unpaired) electrons. The summed E-state index contributed by atoms with van der Waals surface area (Å²) < 4.78 is 5.45. The Balaban J connectivity index is 2.07. The summed E-state index contributed by atoms with van der Waals surface area (Å²) in [6.45, 7) is 4.77. The average molecular weight is 328 g/mol. The average Bonchev–Trinajstić information content (AvgIpc) is 3.29. The Labute approximate surface area is 140 Å². The van der Waals surface area contributed by atoms with Crippen LogP contribution in [0.1, 0.15) is 63.5 Å². The summed E-state index contributed by atoms with van der Waals surface area (Å²) in [7, 11) is 1.91. The minimum atomic E-state index is -0.0144. The molecule has 3 heterocycles. The minimum Gasteiger partial charge on any atom is -0.325 e. The van der Waals surface area contributed by atoms with Crippen LogP contribution in [0.15, 0.2) is 4.79 Å². The first-order chi connectivity index (χ1) is 11.7. The third kappa shape index (κ3) is 2.10. The van der Waals surface area contributed by atoms with Crippen LogP contribution in [0, 0.1) is 0 Å². The molecule has 1 aliphatic rings. The number of fused-ring (bicyclic) bond motifs is 3. The van der Waals surface area contributed by atoms with E-state index in [1.807, 2.05) is 18.5 Å². The zero-order chi connectivity index (χ0) is 16.8. The van der Waals surface area contributed by atoms with E-state index < -0.39 is 0 Å². The SMILES string of the molecule is CCCn1c(=O)c2c(nc(CC)n2C)n2nc(C3CCCC3)nc12. The van der Waals surface area contributed by atoms with Gasteiger partial charge in [-0.3, -0.25) is 9.36 Å². The summed E-state index contributed by atoms with van der Waals surface area (Å²) in [6.07, 6.45) is 6.41.